The molecule has 0 spiro atoms. The molecular weight excluding hydrogens is 460 g/mol. The van der Waals surface area contributed by atoms with Gasteiger partial charge in [-0.3, -0.25) is 0 Å². The van der Waals surface area contributed by atoms with Crippen molar-refractivity contribution in [2.75, 3.05) is 7.05 Å². The van der Waals surface area contributed by atoms with Crippen LogP contribution >= 0.6 is 26.4 Å². The molecule has 0 radical (unpaired) electrons. The molecule has 1 nitrogen and oxygen atoms in total. The van der Waals surface area contributed by atoms with Crippen LogP contribution in [-0.2, 0) is 0 Å². The van der Waals surface area contributed by atoms with E-state index in [0.717, 1.165) is 0 Å². The molecule has 3 heteroatoms. The van der Waals surface area contributed by atoms with Gasteiger partial charge in [0.05, 0.1) is 0 Å². The van der Waals surface area contributed by atoms with Crippen molar-refractivity contribution in [1.29, 1.82) is 0 Å². The van der Waals surface area contributed by atoms with Crippen LogP contribution in [0.25, 0.3) is 0 Å². The van der Waals surface area contributed by atoms with Gasteiger partial charge in [0, 0.05) is 0 Å². The predicted molar refractivity (Wildman–Crippen MR) is 129 cm³/mol. The Hall–Kier alpha value is -1.22. The van der Waals surface area contributed by atoms with Gasteiger partial charge < -0.3 is 0 Å². The molecule has 1 aliphatic carbocycles. The van der Waals surface area contributed by atoms with Crippen LogP contribution in [0.5, 0.6) is 0 Å². The second kappa shape index (κ2) is 7.66. The van der Waals surface area contributed by atoms with Gasteiger partial charge in [-0.2, -0.15) is 0 Å². The first-order valence-electron chi connectivity index (χ1n) is 9.79. The first kappa shape index (κ1) is 19.1. The van der Waals surface area contributed by atoms with E-state index < -0.39 is 4.40 Å². The molecule has 0 bridgehead atoms. The Morgan fingerprint density at radius 2 is 1.00 bits per heavy atom. The van der Waals surface area contributed by atoms with Crippen LogP contribution in [-0.4, -0.2) is 17.8 Å². The molecule has 4 rings (SSSR count). The van der Waals surface area contributed by atoms with Crippen molar-refractivity contribution >= 4 is 42.4 Å². The van der Waals surface area contributed by atoms with E-state index in [2.05, 4.69) is 125 Å². The minimum absolute atomic E-state index is 0.625. The molecule has 3 aromatic carbocycles. The zero-order valence-electron chi connectivity index (χ0n) is 15.8. The van der Waals surface area contributed by atoms with Gasteiger partial charge in [0.25, 0.3) is 0 Å². The van der Waals surface area contributed by atoms with E-state index in [1.165, 1.54) is 41.6 Å². The predicted octanol–water partition coefficient (Wildman–Crippen LogP) is 5.66. The fraction of sp³-hybridized carbons (Fsp3) is 0.250. The summed E-state index contributed by atoms with van der Waals surface area (Å²) in [5.41, 5.74) is 0. The van der Waals surface area contributed by atoms with Crippen molar-refractivity contribution in [3.63, 3.8) is 0 Å². The van der Waals surface area contributed by atoms with E-state index in [1.54, 1.807) is 0 Å². The molecule has 27 heavy (non-hydrogen) atoms. The van der Waals surface area contributed by atoms with E-state index in [1.807, 2.05) is 0 Å². The van der Waals surface area contributed by atoms with Crippen LogP contribution in [0.1, 0.15) is 25.7 Å². The molecule has 0 saturated heterocycles. The number of hydrogen-bond acceptors (Lipinski definition) is 1. The van der Waals surface area contributed by atoms with Crippen LogP contribution in [0.3, 0.4) is 0 Å². The van der Waals surface area contributed by atoms with Gasteiger partial charge in [0.15, 0.2) is 0 Å². The Balaban J connectivity index is 2.09. The minimum atomic E-state index is -2.81. The average Bonchev–Trinajstić information content (AvgIpc) is 3.29. The summed E-state index contributed by atoms with van der Waals surface area (Å²) >= 11 is 2.88. The molecule has 0 N–H and O–H groups in total. The molecule has 0 unspecified atom stereocenters. The molecule has 140 valence electrons. The van der Waals surface area contributed by atoms with Crippen LogP contribution in [0.2, 0.25) is 0 Å². The molecule has 0 atom stereocenters. The second-order valence-electron chi connectivity index (χ2n) is 7.48. The van der Waals surface area contributed by atoms with Crippen molar-refractivity contribution in [2.24, 2.45) is 0 Å². The van der Waals surface area contributed by atoms with Gasteiger partial charge in [0.1, 0.15) is 0 Å². The summed E-state index contributed by atoms with van der Waals surface area (Å²) in [4.78, 5) is 0. The molecular formula is C24H27INP. The third kappa shape index (κ3) is 2.97. The van der Waals surface area contributed by atoms with Crippen LogP contribution in [0.15, 0.2) is 91.0 Å². The van der Waals surface area contributed by atoms with Gasteiger partial charge in [-0.25, -0.2) is 0 Å². The third-order valence-corrected chi connectivity index (χ3v) is 18.4. The maximum absolute atomic E-state index is 2.88. The third-order valence-electron chi connectivity index (χ3n) is 6.13. The Kier molecular flexibility index (Phi) is 5.42. The summed E-state index contributed by atoms with van der Waals surface area (Å²) in [7, 11) is 2.38. The first-order valence-corrected chi connectivity index (χ1v) is 14.8. The Bertz CT molecular complexity index is 777. The Labute approximate surface area is 176 Å². The van der Waals surface area contributed by atoms with E-state index in [-0.39, 0.29) is 0 Å². The zero-order chi connectivity index (χ0) is 18.8. The fourth-order valence-electron chi connectivity index (χ4n) is 4.68. The molecule has 1 fully saturated rings. The number of benzene rings is 3. The van der Waals surface area contributed by atoms with E-state index >= 15 is 0 Å². The van der Waals surface area contributed by atoms with E-state index in [0.29, 0.717) is 6.04 Å². The summed E-state index contributed by atoms with van der Waals surface area (Å²) in [5.74, 6) is 0. The van der Waals surface area contributed by atoms with Gasteiger partial charge in [-0.1, -0.05) is 0 Å². The number of rotatable bonds is 5. The molecule has 3 aromatic rings. The van der Waals surface area contributed by atoms with Crippen LogP contribution in [0, 0.1) is 0 Å². The molecule has 1 aliphatic rings. The van der Waals surface area contributed by atoms with Crippen LogP contribution in [0.4, 0.5) is 0 Å². The number of halogens is 1. The summed E-state index contributed by atoms with van der Waals surface area (Å²) < 4.78 is -0.0303. The second-order valence-corrected chi connectivity index (χ2v) is 17.2. The Morgan fingerprint density at radius 1 is 0.667 bits per heavy atom. The quantitative estimate of drug-likeness (QED) is 0.332. The molecule has 0 aliphatic heterocycles. The first-order chi connectivity index (χ1) is 13.2. The summed E-state index contributed by atoms with van der Waals surface area (Å²) in [5, 5.41) is 4.32. The number of nitrogens with zero attached hydrogens (tertiary/aromatic N) is 1. The van der Waals surface area contributed by atoms with Crippen molar-refractivity contribution in [2.45, 2.75) is 31.7 Å². The maximum atomic E-state index is 2.88. The van der Waals surface area contributed by atoms with Crippen molar-refractivity contribution in [3.05, 3.63) is 91.0 Å². The average molecular weight is 487 g/mol. The summed E-state index contributed by atoms with van der Waals surface area (Å²) in [6.07, 6.45) is 5.28. The van der Waals surface area contributed by atoms with Crippen molar-refractivity contribution in [1.82, 2.24) is 4.67 Å². The molecule has 1 saturated carbocycles. The fourth-order valence-corrected chi connectivity index (χ4v) is 13.6. The van der Waals surface area contributed by atoms with Crippen LogP contribution < -0.4 is 15.9 Å². The molecule has 0 heterocycles. The topological polar surface area (TPSA) is 3.24 Å². The van der Waals surface area contributed by atoms with Crippen molar-refractivity contribution in [3.8, 4) is 0 Å². The summed E-state index contributed by atoms with van der Waals surface area (Å²) in [6.45, 7) is 0. The molecule has 0 amide bonds. The summed E-state index contributed by atoms with van der Waals surface area (Å²) in [6, 6.07) is 34.3. The number of hydrogen-bond donors (Lipinski definition) is 0. The van der Waals surface area contributed by atoms with Gasteiger partial charge in [-0.15, -0.1) is 0 Å². The SMILES string of the molecule is CN(C1CCCC1)P(I)(c1ccccc1)(c1ccccc1)c1ccccc1. The monoisotopic (exact) mass is 487 g/mol. The van der Waals surface area contributed by atoms with Gasteiger partial charge in [-0.05, 0) is 0 Å². The standard InChI is InChI=1S/C24H27INP/c1-26(21-13-11-12-14-21)27(25,22-15-5-2-6-16-22,23-17-7-3-8-18-23)24-19-9-4-10-20-24/h2-10,15-21H,11-14H2,1H3. The normalized spacial score (nSPS) is 16.9. The zero-order valence-corrected chi connectivity index (χ0v) is 18.9. The van der Waals surface area contributed by atoms with Gasteiger partial charge in [0.2, 0.25) is 0 Å². The van der Waals surface area contributed by atoms with E-state index in [4.69, 9.17) is 0 Å². The van der Waals surface area contributed by atoms with E-state index in [9.17, 15) is 0 Å². The van der Waals surface area contributed by atoms with Gasteiger partial charge >= 0.3 is 177 Å². The van der Waals surface area contributed by atoms with Crippen molar-refractivity contribution < 1.29 is 0 Å². The molecule has 0 aromatic heterocycles. The Morgan fingerprint density at radius 3 is 1.33 bits per heavy atom.